The molecule has 0 aliphatic rings. The van der Waals surface area contributed by atoms with E-state index in [2.05, 4.69) is 25.6 Å². The third-order valence-electron chi connectivity index (χ3n) is 2.44. The minimum Gasteiger partial charge on any atom is -0.377 e. The fourth-order valence-electron chi connectivity index (χ4n) is 1.45. The predicted octanol–water partition coefficient (Wildman–Crippen LogP) is 3.81. The molecule has 0 N–H and O–H groups in total. The Balaban J connectivity index is 2.09. The zero-order valence-corrected chi connectivity index (χ0v) is 9.49. The van der Waals surface area contributed by atoms with E-state index in [1.807, 2.05) is 24.3 Å². The summed E-state index contributed by atoms with van der Waals surface area (Å²) >= 11 is 0. The Morgan fingerprint density at radius 3 is 2.73 bits per heavy atom. The van der Waals surface area contributed by atoms with Crippen molar-refractivity contribution in [3.05, 3.63) is 48.6 Å². The van der Waals surface area contributed by atoms with Crippen LogP contribution in [0.25, 0.3) is 0 Å². The van der Waals surface area contributed by atoms with Gasteiger partial charge in [0, 0.05) is 6.61 Å². The van der Waals surface area contributed by atoms with Gasteiger partial charge in [0.1, 0.15) is 0 Å². The molecule has 0 fully saturated rings. The fourth-order valence-corrected chi connectivity index (χ4v) is 1.45. The second-order valence-electron chi connectivity index (χ2n) is 3.96. The smallest absolute Gasteiger partial charge is 0.0716 e. The largest absolute Gasteiger partial charge is 0.377 e. The molecule has 1 aromatic carbocycles. The number of hydrogen-bond acceptors (Lipinski definition) is 1. The second kappa shape index (κ2) is 7.24. The molecule has 1 nitrogen and oxygen atoms in total. The second-order valence-corrected chi connectivity index (χ2v) is 3.96. The fraction of sp³-hybridized carbons (Fsp3) is 0.429. The normalized spacial score (nSPS) is 12.3. The lowest BCUT2D eigenvalue weighted by molar-refractivity contribution is 0.109. The molecule has 1 atom stereocenters. The summed E-state index contributed by atoms with van der Waals surface area (Å²) in [7, 11) is 0. The van der Waals surface area contributed by atoms with E-state index < -0.39 is 0 Å². The van der Waals surface area contributed by atoms with Gasteiger partial charge in [-0.3, -0.25) is 0 Å². The maximum atomic E-state index is 5.60. The van der Waals surface area contributed by atoms with Gasteiger partial charge in [-0.2, -0.15) is 0 Å². The molecule has 0 aromatic heterocycles. The van der Waals surface area contributed by atoms with Gasteiger partial charge in [-0.05, 0) is 24.3 Å². The van der Waals surface area contributed by atoms with Crippen LogP contribution >= 0.6 is 0 Å². The molecule has 0 unspecified atom stereocenters. The summed E-state index contributed by atoms with van der Waals surface area (Å²) in [5.74, 6) is 0.679. The lowest BCUT2D eigenvalue weighted by atomic mass is 10.1. The number of hydrogen-bond donors (Lipinski definition) is 0. The summed E-state index contributed by atoms with van der Waals surface area (Å²) in [5.41, 5.74) is 1.24. The zero-order chi connectivity index (χ0) is 10.9. The summed E-state index contributed by atoms with van der Waals surface area (Å²) in [4.78, 5) is 0. The maximum Gasteiger partial charge on any atom is 0.0716 e. The van der Waals surface area contributed by atoms with Crippen molar-refractivity contribution in [3.63, 3.8) is 0 Å². The standard InChI is InChI=1S/C14H20O/c1-3-7-13(2)10-11-15-12-14-8-5-4-6-9-14/h3-6,8-9,13H,1,7,10-12H2,2H3/t13-/m0/s1. The predicted molar refractivity (Wildman–Crippen MR) is 64.7 cm³/mol. The average molecular weight is 204 g/mol. The van der Waals surface area contributed by atoms with Crippen LogP contribution in [0.2, 0.25) is 0 Å². The SMILES string of the molecule is C=CC[C@H](C)CCOCc1ccccc1. The Morgan fingerprint density at radius 2 is 2.07 bits per heavy atom. The highest BCUT2D eigenvalue weighted by Crippen LogP contribution is 2.08. The molecular weight excluding hydrogens is 184 g/mol. The summed E-state index contributed by atoms with van der Waals surface area (Å²) in [5, 5.41) is 0. The lowest BCUT2D eigenvalue weighted by Gasteiger charge is -2.09. The molecule has 82 valence electrons. The van der Waals surface area contributed by atoms with Crippen molar-refractivity contribution in [1.82, 2.24) is 0 Å². The van der Waals surface area contributed by atoms with Gasteiger partial charge < -0.3 is 4.74 Å². The van der Waals surface area contributed by atoms with Crippen molar-refractivity contribution in [1.29, 1.82) is 0 Å². The van der Waals surface area contributed by atoms with Crippen LogP contribution < -0.4 is 0 Å². The van der Waals surface area contributed by atoms with Crippen LogP contribution in [-0.2, 0) is 11.3 Å². The Hall–Kier alpha value is -1.08. The zero-order valence-electron chi connectivity index (χ0n) is 9.49. The van der Waals surface area contributed by atoms with E-state index in [1.54, 1.807) is 0 Å². The van der Waals surface area contributed by atoms with Gasteiger partial charge in [0.05, 0.1) is 6.61 Å². The average Bonchev–Trinajstić information content (AvgIpc) is 2.26. The first-order chi connectivity index (χ1) is 7.33. The van der Waals surface area contributed by atoms with E-state index in [1.165, 1.54) is 5.56 Å². The van der Waals surface area contributed by atoms with Crippen molar-refractivity contribution in [2.45, 2.75) is 26.4 Å². The van der Waals surface area contributed by atoms with E-state index in [4.69, 9.17) is 4.74 Å². The van der Waals surface area contributed by atoms with Crippen molar-refractivity contribution < 1.29 is 4.74 Å². The number of ether oxygens (including phenoxy) is 1. The van der Waals surface area contributed by atoms with Crippen LogP contribution in [0.1, 0.15) is 25.3 Å². The lowest BCUT2D eigenvalue weighted by Crippen LogP contribution is -2.01. The molecule has 0 amide bonds. The van der Waals surface area contributed by atoms with Crippen molar-refractivity contribution in [2.75, 3.05) is 6.61 Å². The summed E-state index contributed by atoms with van der Waals surface area (Å²) in [6, 6.07) is 10.3. The van der Waals surface area contributed by atoms with E-state index in [9.17, 15) is 0 Å². The highest BCUT2D eigenvalue weighted by Gasteiger charge is 1.99. The van der Waals surface area contributed by atoms with Gasteiger partial charge in [0.2, 0.25) is 0 Å². The van der Waals surface area contributed by atoms with Crippen LogP contribution in [-0.4, -0.2) is 6.61 Å². The van der Waals surface area contributed by atoms with E-state index in [-0.39, 0.29) is 0 Å². The molecule has 1 aromatic rings. The molecule has 1 rings (SSSR count). The molecule has 0 saturated carbocycles. The van der Waals surface area contributed by atoms with E-state index >= 15 is 0 Å². The van der Waals surface area contributed by atoms with Crippen LogP contribution in [0, 0.1) is 5.92 Å². The third-order valence-corrected chi connectivity index (χ3v) is 2.44. The van der Waals surface area contributed by atoms with Gasteiger partial charge in [-0.15, -0.1) is 6.58 Å². The number of rotatable bonds is 7. The number of benzene rings is 1. The monoisotopic (exact) mass is 204 g/mol. The van der Waals surface area contributed by atoms with Gasteiger partial charge in [-0.25, -0.2) is 0 Å². The quantitative estimate of drug-likeness (QED) is 0.485. The molecular formula is C14H20O. The molecule has 0 radical (unpaired) electrons. The summed E-state index contributed by atoms with van der Waals surface area (Å²) in [6.45, 7) is 7.53. The van der Waals surface area contributed by atoms with Crippen molar-refractivity contribution >= 4 is 0 Å². The molecule has 15 heavy (non-hydrogen) atoms. The van der Waals surface area contributed by atoms with Crippen molar-refractivity contribution in [2.24, 2.45) is 5.92 Å². The first kappa shape index (κ1) is 12.0. The highest BCUT2D eigenvalue weighted by molar-refractivity contribution is 5.13. The molecule has 0 aliphatic heterocycles. The Kier molecular flexibility index (Phi) is 5.79. The minimum atomic E-state index is 0.679. The van der Waals surface area contributed by atoms with Crippen LogP contribution in [0.5, 0.6) is 0 Å². The third kappa shape index (κ3) is 5.38. The summed E-state index contributed by atoms with van der Waals surface area (Å²) in [6.07, 6.45) is 4.16. The maximum absolute atomic E-state index is 5.60. The van der Waals surface area contributed by atoms with Crippen LogP contribution in [0.4, 0.5) is 0 Å². The molecule has 0 heterocycles. The Morgan fingerprint density at radius 1 is 1.33 bits per heavy atom. The molecule has 0 aliphatic carbocycles. The van der Waals surface area contributed by atoms with Crippen LogP contribution in [0.3, 0.4) is 0 Å². The molecule has 1 heteroatoms. The van der Waals surface area contributed by atoms with Crippen LogP contribution in [0.15, 0.2) is 43.0 Å². The highest BCUT2D eigenvalue weighted by atomic mass is 16.5. The van der Waals surface area contributed by atoms with Gasteiger partial charge in [-0.1, -0.05) is 43.3 Å². The Bertz CT molecular complexity index is 266. The minimum absolute atomic E-state index is 0.679. The van der Waals surface area contributed by atoms with Gasteiger partial charge in [0.25, 0.3) is 0 Å². The first-order valence-electron chi connectivity index (χ1n) is 5.55. The van der Waals surface area contributed by atoms with E-state index in [0.29, 0.717) is 5.92 Å². The molecule has 0 spiro atoms. The summed E-state index contributed by atoms with van der Waals surface area (Å²) < 4.78 is 5.60. The number of allylic oxidation sites excluding steroid dienone is 1. The van der Waals surface area contributed by atoms with Gasteiger partial charge in [0.15, 0.2) is 0 Å². The van der Waals surface area contributed by atoms with E-state index in [0.717, 1.165) is 26.1 Å². The first-order valence-corrected chi connectivity index (χ1v) is 5.55. The Labute approximate surface area is 92.8 Å². The topological polar surface area (TPSA) is 9.23 Å². The van der Waals surface area contributed by atoms with Gasteiger partial charge >= 0.3 is 0 Å². The molecule has 0 bridgehead atoms. The van der Waals surface area contributed by atoms with Crippen molar-refractivity contribution in [3.8, 4) is 0 Å². The molecule has 0 saturated heterocycles.